The molecule has 0 aromatic heterocycles. The Labute approximate surface area is 145 Å². The molecule has 0 bridgehead atoms. The number of aliphatic hydroxyl groups is 1. The van der Waals surface area contributed by atoms with E-state index < -0.39 is 0 Å². The third-order valence-electron chi connectivity index (χ3n) is 4.69. The van der Waals surface area contributed by atoms with E-state index in [4.69, 9.17) is 5.73 Å². The zero-order valence-electron chi connectivity index (χ0n) is 15.8. The van der Waals surface area contributed by atoms with Crippen LogP contribution in [0.15, 0.2) is 12.7 Å². The Kier molecular flexibility index (Phi) is 17.7. The van der Waals surface area contributed by atoms with Gasteiger partial charge in [-0.1, -0.05) is 96.5 Å². The zero-order chi connectivity index (χ0) is 17.2. The lowest BCUT2D eigenvalue weighted by atomic mass is 10.0. The summed E-state index contributed by atoms with van der Waals surface area (Å²) in [6, 6.07) is 0.0736. The van der Waals surface area contributed by atoms with E-state index in [1.165, 1.54) is 77.0 Å². The maximum Gasteiger partial charge on any atom is 0.0555 e. The minimum Gasteiger partial charge on any atom is -0.393 e. The van der Waals surface area contributed by atoms with Crippen LogP contribution in [-0.2, 0) is 0 Å². The monoisotopic (exact) mass is 325 g/mol. The van der Waals surface area contributed by atoms with Crippen LogP contribution in [0.5, 0.6) is 0 Å². The molecule has 138 valence electrons. The molecule has 0 spiro atoms. The van der Waals surface area contributed by atoms with Crippen LogP contribution in [0.4, 0.5) is 0 Å². The fraction of sp³-hybridized carbons (Fsp3) is 0.905. The molecule has 0 aliphatic carbocycles. The first-order chi connectivity index (χ1) is 11.2. The van der Waals surface area contributed by atoms with Gasteiger partial charge >= 0.3 is 0 Å². The summed E-state index contributed by atoms with van der Waals surface area (Å²) in [7, 11) is 0. The van der Waals surface area contributed by atoms with Gasteiger partial charge in [0, 0.05) is 6.04 Å². The number of unbranched alkanes of at least 4 members (excludes halogenated alkanes) is 12. The van der Waals surface area contributed by atoms with Crippen molar-refractivity contribution in [2.24, 2.45) is 5.73 Å². The van der Waals surface area contributed by atoms with Crippen molar-refractivity contribution in [2.75, 3.05) is 0 Å². The highest BCUT2D eigenvalue weighted by atomic mass is 16.3. The first-order valence-corrected chi connectivity index (χ1v) is 10.2. The van der Waals surface area contributed by atoms with Gasteiger partial charge in [0.05, 0.1) is 6.10 Å². The van der Waals surface area contributed by atoms with Gasteiger partial charge in [0.15, 0.2) is 0 Å². The highest BCUT2D eigenvalue weighted by Crippen LogP contribution is 2.14. The molecule has 0 radical (unpaired) electrons. The molecule has 0 aromatic carbocycles. The van der Waals surface area contributed by atoms with Gasteiger partial charge in [-0.2, -0.15) is 0 Å². The van der Waals surface area contributed by atoms with E-state index in [1.807, 2.05) is 6.08 Å². The number of hydrogen-bond acceptors (Lipinski definition) is 2. The fourth-order valence-corrected chi connectivity index (χ4v) is 3.18. The Morgan fingerprint density at radius 1 is 0.826 bits per heavy atom. The van der Waals surface area contributed by atoms with E-state index in [-0.39, 0.29) is 12.1 Å². The van der Waals surface area contributed by atoms with Crippen LogP contribution in [0.2, 0.25) is 0 Å². The quantitative estimate of drug-likeness (QED) is 0.235. The van der Waals surface area contributed by atoms with E-state index >= 15 is 0 Å². The predicted molar refractivity (Wildman–Crippen MR) is 104 cm³/mol. The molecule has 2 nitrogen and oxygen atoms in total. The van der Waals surface area contributed by atoms with Crippen molar-refractivity contribution in [2.45, 2.75) is 122 Å². The molecule has 2 heteroatoms. The van der Waals surface area contributed by atoms with Gasteiger partial charge in [0.1, 0.15) is 0 Å². The first-order valence-electron chi connectivity index (χ1n) is 10.2. The highest BCUT2D eigenvalue weighted by molar-refractivity contribution is 4.77. The molecule has 0 aromatic rings. The lowest BCUT2D eigenvalue weighted by Gasteiger charge is -2.14. The molecule has 0 fully saturated rings. The Balaban J connectivity index is 3.16. The second-order valence-corrected chi connectivity index (χ2v) is 7.21. The van der Waals surface area contributed by atoms with Crippen LogP contribution in [0.1, 0.15) is 110 Å². The van der Waals surface area contributed by atoms with Crippen molar-refractivity contribution in [3.05, 3.63) is 12.7 Å². The summed E-state index contributed by atoms with van der Waals surface area (Å²) in [5, 5.41) is 9.91. The van der Waals surface area contributed by atoms with Crippen LogP contribution in [-0.4, -0.2) is 17.3 Å². The predicted octanol–water partition coefficient (Wildman–Crippen LogP) is 6.12. The summed E-state index contributed by atoms with van der Waals surface area (Å²) in [5.41, 5.74) is 5.90. The van der Waals surface area contributed by atoms with Crippen molar-refractivity contribution in [1.29, 1.82) is 0 Å². The number of nitrogens with two attached hydrogens (primary N) is 1. The summed E-state index contributed by atoms with van der Waals surface area (Å²) in [6.07, 6.45) is 21.8. The molecule has 0 amide bonds. The van der Waals surface area contributed by atoms with E-state index in [1.54, 1.807) is 0 Å². The maximum atomic E-state index is 9.91. The minimum absolute atomic E-state index is 0.0736. The van der Waals surface area contributed by atoms with Crippen molar-refractivity contribution < 1.29 is 5.11 Å². The van der Waals surface area contributed by atoms with Crippen LogP contribution in [0, 0.1) is 0 Å². The van der Waals surface area contributed by atoms with Gasteiger partial charge in [0.25, 0.3) is 0 Å². The third-order valence-corrected chi connectivity index (χ3v) is 4.69. The summed E-state index contributed by atoms with van der Waals surface area (Å²) in [5.74, 6) is 0. The molecule has 23 heavy (non-hydrogen) atoms. The largest absolute Gasteiger partial charge is 0.393 e. The SMILES string of the molecule is C=CCC(N)CC(O)CCCCCCCCCCCCCCC. The molecule has 0 heterocycles. The highest BCUT2D eigenvalue weighted by Gasteiger charge is 2.09. The Morgan fingerprint density at radius 2 is 1.26 bits per heavy atom. The average Bonchev–Trinajstić information content (AvgIpc) is 2.52. The van der Waals surface area contributed by atoms with Gasteiger partial charge in [-0.15, -0.1) is 6.58 Å². The van der Waals surface area contributed by atoms with Crippen LogP contribution < -0.4 is 5.73 Å². The standard InChI is InChI=1S/C21H43NO/c1-3-5-6-7-8-9-10-11-12-13-14-15-16-18-21(23)19-20(22)17-4-2/h4,20-21,23H,2-3,5-19,22H2,1H3. The molecule has 0 saturated heterocycles. The molecule has 3 N–H and O–H groups in total. The Morgan fingerprint density at radius 3 is 1.70 bits per heavy atom. The fourth-order valence-electron chi connectivity index (χ4n) is 3.18. The molecular formula is C21H43NO. The van der Waals surface area contributed by atoms with Crippen molar-refractivity contribution in [1.82, 2.24) is 0 Å². The third kappa shape index (κ3) is 17.8. The molecule has 2 atom stereocenters. The van der Waals surface area contributed by atoms with Crippen LogP contribution >= 0.6 is 0 Å². The van der Waals surface area contributed by atoms with Crippen LogP contribution in [0.3, 0.4) is 0 Å². The number of aliphatic hydroxyl groups excluding tert-OH is 1. The van der Waals surface area contributed by atoms with Crippen molar-refractivity contribution in [3.8, 4) is 0 Å². The van der Waals surface area contributed by atoms with Crippen LogP contribution in [0.25, 0.3) is 0 Å². The summed E-state index contributed by atoms with van der Waals surface area (Å²) >= 11 is 0. The van der Waals surface area contributed by atoms with Crippen molar-refractivity contribution >= 4 is 0 Å². The number of rotatable bonds is 18. The second-order valence-electron chi connectivity index (χ2n) is 7.21. The topological polar surface area (TPSA) is 46.2 Å². The van der Waals surface area contributed by atoms with Crippen molar-refractivity contribution in [3.63, 3.8) is 0 Å². The second kappa shape index (κ2) is 18.0. The molecule has 2 unspecified atom stereocenters. The van der Waals surface area contributed by atoms with E-state index in [9.17, 15) is 5.11 Å². The lowest BCUT2D eigenvalue weighted by Crippen LogP contribution is -2.25. The molecule has 0 aliphatic heterocycles. The van der Waals surface area contributed by atoms with Gasteiger partial charge < -0.3 is 10.8 Å². The van der Waals surface area contributed by atoms with E-state index in [2.05, 4.69) is 13.5 Å². The van der Waals surface area contributed by atoms with Gasteiger partial charge in [0.2, 0.25) is 0 Å². The molecule has 0 rings (SSSR count). The summed E-state index contributed by atoms with van der Waals surface area (Å²) < 4.78 is 0. The van der Waals surface area contributed by atoms with E-state index in [0.29, 0.717) is 6.42 Å². The van der Waals surface area contributed by atoms with Gasteiger partial charge in [-0.25, -0.2) is 0 Å². The van der Waals surface area contributed by atoms with Gasteiger partial charge in [-0.3, -0.25) is 0 Å². The minimum atomic E-state index is -0.224. The lowest BCUT2D eigenvalue weighted by molar-refractivity contribution is 0.142. The zero-order valence-corrected chi connectivity index (χ0v) is 15.8. The smallest absolute Gasteiger partial charge is 0.0555 e. The average molecular weight is 326 g/mol. The summed E-state index contributed by atoms with van der Waals surface area (Å²) in [6.45, 7) is 5.96. The number of hydrogen-bond donors (Lipinski definition) is 2. The first kappa shape index (κ1) is 22.7. The Bertz CT molecular complexity index is 242. The Hall–Kier alpha value is -0.340. The normalized spacial score (nSPS) is 13.9. The molecule has 0 saturated carbocycles. The molecular weight excluding hydrogens is 282 g/mol. The van der Waals surface area contributed by atoms with Gasteiger partial charge in [-0.05, 0) is 19.3 Å². The molecule has 0 aliphatic rings. The van der Waals surface area contributed by atoms with E-state index in [0.717, 1.165) is 19.3 Å². The summed E-state index contributed by atoms with van der Waals surface area (Å²) in [4.78, 5) is 0. The maximum absolute atomic E-state index is 9.91.